The van der Waals surface area contributed by atoms with Crippen LogP contribution >= 0.6 is 0 Å². The number of halogens is 1. The van der Waals surface area contributed by atoms with Crippen LogP contribution in [0, 0.1) is 5.82 Å². The molecule has 0 atom stereocenters. The van der Waals surface area contributed by atoms with Gasteiger partial charge in [0.1, 0.15) is 0 Å². The average molecular weight is 456 g/mol. The van der Waals surface area contributed by atoms with Gasteiger partial charge in [-0.2, -0.15) is 0 Å². The molecule has 0 N–H and O–H groups in total. The van der Waals surface area contributed by atoms with E-state index >= 15 is 0 Å². The van der Waals surface area contributed by atoms with Crippen molar-refractivity contribution >= 4 is 0 Å². The van der Waals surface area contributed by atoms with Gasteiger partial charge in [0.2, 0.25) is 0 Å². The van der Waals surface area contributed by atoms with E-state index in [0.717, 1.165) is 30.5 Å². The van der Waals surface area contributed by atoms with Gasteiger partial charge in [-0.25, -0.2) is 4.39 Å². The Balaban J connectivity index is 1.68. The SMILES string of the molecule is CCCCCCCCCCc1ccc(-c2ccc(OCCCCCCCCC)c(F)c2)nc1. The fourth-order valence-electron chi connectivity index (χ4n) is 4.22. The lowest BCUT2D eigenvalue weighted by Crippen LogP contribution is -1.99. The maximum Gasteiger partial charge on any atom is 0.165 e. The topological polar surface area (TPSA) is 22.1 Å². The van der Waals surface area contributed by atoms with Crippen molar-refractivity contribution < 1.29 is 9.13 Å². The molecule has 2 rings (SSSR count). The monoisotopic (exact) mass is 455 g/mol. The van der Waals surface area contributed by atoms with Gasteiger partial charge in [0.15, 0.2) is 11.6 Å². The van der Waals surface area contributed by atoms with Gasteiger partial charge in [0.25, 0.3) is 0 Å². The number of benzene rings is 1. The van der Waals surface area contributed by atoms with E-state index in [1.165, 1.54) is 89.0 Å². The third-order valence-corrected chi connectivity index (χ3v) is 6.38. The van der Waals surface area contributed by atoms with Gasteiger partial charge in [0.05, 0.1) is 12.3 Å². The second kappa shape index (κ2) is 17.6. The molecule has 0 spiro atoms. The van der Waals surface area contributed by atoms with Gasteiger partial charge >= 0.3 is 0 Å². The minimum absolute atomic E-state index is 0.305. The molecule has 0 aliphatic carbocycles. The van der Waals surface area contributed by atoms with Crippen LogP contribution in [0.25, 0.3) is 11.3 Å². The lowest BCUT2D eigenvalue weighted by atomic mass is 10.0. The van der Waals surface area contributed by atoms with Crippen LogP contribution in [-0.2, 0) is 6.42 Å². The number of pyridine rings is 1. The summed E-state index contributed by atoms with van der Waals surface area (Å²) >= 11 is 0. The van der Waals surface area contributed by atoms with Crippen molar-refractivity contribution in [2.24, 2.45) is 0 Å². The molecule has 1 heterocycles. The molecule has 33 heavy (non-hydrogen) atoms. The highest BCUT2D eigenvalue weighted by molar-refractivity contribution is 5.60. The maximum absolute atomic E-state index is 14.5. The average Bonchev–Trinajstić information content (AvgIpc) is 2.83. The van der Waals surface area contributed by atoms with Gasteiger partial charge in [-0.05, 0) is 49.1 Å². The quantitative estimate of drug-likeness (QED) is 0.197. The first-order valence-electron chi connectivity index (χ1n) is 13.6. The van der Waals surface area contributed by atoms with E-state index in [-0.39, 0.29) is 5.82 Å². The van der Waals surface area contributed by atoms with E-state index < -0.39 is 0 Å². The number of aryl methyl sites for hydroxylation is 1. The third-order valence-electron chi connectivity index (χ3n) is 6.38. The summed E-state index contributed by atoms with van der Waals surface area (Å²) in [4.78, 5) is 4.58. The van der Waals surface area contributed by atoms with Crippen molar-refractivity contribution in [2.45, 2.75) is 117 Å². The summed E-state index contributed by atoms with van der Waals surface area (Å²) in [5.41, 5.74) is 2.88. The summed E-state index contributed by atoms with van der Waals surface area (Å²) in [5.74, 6) is 0.0382. The highest BCUT2D eigenvalue weighted by Crippen LogP contribution is 2.25. The smallest absolute Gasteiger partial charge is 0.165 e. The summed E-state index contributed by atoms with van der Waals surface area (Å²) in [5, 5.41) is 0. The van der Waals surface area contributed by atoms with Crippen molar-refractivity contribution in [3.05, 3.63) is 47.9 Å². The van der Waals surface area contributed by atoms with E-state index in [2.05, 4.69) is 24.9 Å². The highest BCUT2D eigenvalue weighted by atomic mass is 19.1. The minimum atomic E-state index is -0.305. The van der Waals surface area contributed by atoms with Crippen LogP contribution in [0.1, 0.15) is 116 Å². The predicted molar refractivity (Wildman–Crippen MR) is 139 cm³/mol. The van der Waals surface area contributed by atoms with Gasteiger partial charge in [-0.1, -0.05) is 103 Å². The van der Waals surface area contributed by atoms with Crippen LogP contribution in [0.3, 0.4) is 0 Å². The number of hydrogen-bond acceptors (Lipinski definition) is 2. The van der Waals surface area contributed by atoms with Crippen molar-refractivity contribution in [3.63, 3.8) is 0 Å². The first-order valence-corrected chi connectivity index (χ1v) is 13.6. The summed E-state index contributed by atoms with van der Waals surface area (Å²) < 4.78 is 20.2. The Morgan fingerprint density at radius 1 is 0.697 bits per heavy atom. The molecule has 0 unspecified atom stereocenters. The zero-order valence-electron chi connectivity index (χ0n) is 21.2. The van der Waals surface area contributed by atoms with E-state index in [4.69, 9.17) is 4.74 Å². The van der Waals surface area contributed by atoms with Crippen LogP contribution in [0.15, 0.2) is 36.5 Å². The van der Waals surface area contributed by atoms with Crippen LogP contribution in [-0.4, -0.2) is 11.6 Å². The molecule has 3 heteroatoms. The molecule has 1 aromatic heterocycles. The first kappa shape index (κ1) is 27.3. The molecule has 0 bridgehead atoms. The highest BCUT2D eigenvalue weighted by Gasteiger charge is 2.08. The molecule has 2 nitrogen and oxygen atoms in total. The van der Waals surface area contributed by atoms with Crippen molar-refractivity contribution in [1.82, 2.24) is 4.98 Å². The predicted octanol–water partition coefficient (Wildman–Crippen LogP) is 9.70. The number of unbranched alkanes of at least 4 members (excludes halogenated alkanes) is 13. The number of aromatic nitrogens is 1. The van der Waals surface area contributed by atoms with Gasteiger partial charge < -0.3 is 4.74 Å². The normalized spacial score (nSPS) is 11.1. The Morgan fingerprint density at radius 2 is 1.30 bits per heavy atom. The summed E-state index contributed by atoms with van der Waals surface area (Å²) in [7, 11) is 0. The van der Waals surface area contributed by atoms with Gasteiger partial charge in [-0.15, -0.1) is 0 Å². The number of nitrogens with zero attached hydrogens (tertiary/aromatic N) is 1. The van der Waals surface area contributed by atoms with Gasteiger partial charge in [0, 0.05) is 11.8 Å². The molecule has 2 aromatic rings. The third kappa shape index (κ3) is 11.7. The summed E-state index contributed by atoms with van der Waals surface area (Å²) in [6.45, 7) is 5.07. The van der Waals surface area contributed by atoms with E-state index in [1.807, 2.05) is 18.3 Å². The molecule has 0 aliphatic rings. The van der Waals surface area contributed by atoms with Crippen LogP contribution in [0.5, 0.6) is 5.75 Å². The first-order chi connectivity index (χ1) is 16.2. The molecule has 0 saturated carbocycles. The number of rotatable bonds is 19. The fraction of sp³-hybridized carbons (Fsp3) is 0.633. The van der Waals surface area contributed by atoms with E-state index in [9.17, 15) is 4.39 Å². The zero-order valence-corrected chi connectivity index (χ0v) is 21.2. The number of ether oxygens (including phenoxy) is 1. The van der Waals surface area contributed by atoms with Crippen molar-refractivity contribution in [1.29, 1.82) is 0 Å². The second-order valence-electron chi connectivity index (χ2n) is 9.39. The molecular weight excluding hydrogens is 409 g/mol. The molecule has 1 aromatic carbocycles. The van der Waals surface area contributed by atoms with Crippen molar-refractivity contribution in [2.75, 3.05) is 6.61 Å². The molecule has 0 amide bonds. The van der Waals surface area contributed by atoms with E-state index in [0.29, 0.717) is 12.4 Å². The summed E-state index contributed by atoms with van der Waals surface area (Å²) in [6.07, 6.45) is 22.3. The molecular formula is C30H46FNO. The number of hydrogen-bond donors (Lipinski definition) is 0. The Hall–Kier alpha value is -1.90. The maximum atomic E-state index is 14.5. The standard InChI is InChI=1S/C30H46FNO/c1-3-5-7-9-11-12-14-16-18-26-19-21-29(32-25-26)27-20-22-30(28(31)24-27)33-23-17-15-13-10-8-6-4-2/h19-22,24-25H,3-18,23H2,1-2H3. The molecule has 0 radical (unpaired) electrons. The Morgan fingerprint density at radius 3 is 1.88 bits per heavy atom. The zero-order chi connectivity index (χ0) is 23.6. The lowest BCUT2D eigenvalue weighted by molar-refractivity contribution is 0.290. The Bertz CT molecular complexity index is 743. The molecule has 0 fully saturated rings. The molecule has 184 valence electrons. The second-order valence-corrected chi connectivity index (χ2v) is 9.39. The largest absolute Gasteiger partial charge is 0.491 e. The lowest BCUT2D eigenvalue weighted by Gasteiger charge is -2.09. The Kier molecular flexibility index (Phi) is 14.6. The van der Waals surface area contributed by atoms with E-state index in [1.54, 1.807) is 12.1 Å². The van der Waals surface area contributed by atoms with Crippen LogP contribution in [0.4, 0.5) is 4.39 Å². The van der Waals surface area contributed by atoms with Crippen LogP contribution in [0.2, 0.25) is 0 Å². The molecule has 0 saturated heterocycles. The van der Waals surface area contributed by atoms with Gasteiger partial charge in [-0.3, -0.25) is 4.98 Å². The van der Waals surface area contributed by atoms with Crippen molar-refractivity contribution in [3.8, 4) is 17.0 Å². The Labute approximate surface area is 202 Å². The summed E-state index contributed by atoms with van der Waals surface area (Å²) in [6, 6.07) is 9.33. The minimum Gasteiger partial charge on any atom is -0.491 e. The molecule has 0 aliphatic heterocycles. The van der Waals surface area contributed by atoms with Crippen LogP contribution < -0.4 is 4.74 Å². The fourth-order valence-corrected chi connectivity index (χ4v) is 4.22.